The summed E-state index contributed by atoms with van der Waals surface area (Å²) in [6.45, 7) is 1.69. The molecule has 14 heavy (non-hydrogen) atoms. The minimum Gasteiger partial charge on any atom is -0.465 e. The quantitative estimate of drug-likeness (QED) is 0.395. The van der Waals surface area contributed by atoms with Crippen molar-refractivity contribution in [2.75, 3.05) is 13.1 Å². The summed E-state index contributed by atoms with van der Waals surface area (Å²) in [5.74, 6) is 0.251. The molecule has 0 fully saturated rings. The van der Waals surface area contributed by atoms with E-state index in [0.717, 1.165) is 0 Å². The van der Waals surface area contributed by atoms with Crippen molar-refractivity contribution < 1.29 is 19.8 Å². The number of amides is 2. The van der Waals surface area contributed by atoms with E-state index in [1.165, 1.54) is 0 Å². The van der Waals surface area contributed by atoms with Gasteiger partial charge in [-0.2, -0.15) is 0 Å². The second-order valence-corrected chi connectivity index (χ2v) is 2.48. The average Bonchev–Trinajstić information content (AvgIpc) is 2.10. The molecule has 0 aliphatic heterocycles. The van der Waals surface area contributed by atoms with Crippen LogP contribution in [0.3, 0.4) is 0 Å². The van der Waals surface area contributed by atoms with Crippen LogP contribution in [0.25, 0.3) is 0 Å². The number of nitrogens with zero attached hydrogens (tertiary/aromatic N) is 1. The van der Waals surface area contributed by atoms with Gasteiger partial charge in [-0.3, -0.25) is 5.41 Å². The standard InChI is InChI=1S/C7H13N3O4/c1-2-5(8)9-3-4-10(6(11)12)7(13)14/h2-4H2,1H3,(H2,8,9)(H,11,12)(H,13,14). The lowest BCUT2D eigenvalue weighted by atomic mass is 10.4. The Hall–Kier alpha value is -1.79. The molecule has 0 aliphatic carbocycles. The maximum atomic E-state index is 10.3. The van der Waals surface area contributed by atoms with E-state index in [4.69, 9.17) is 15.6 Å². The third-order valence-electron chi connectivity index (χ3n) is 1.49. The first-order chi connectivity index (χ1) is 6.49. The van der Waals surface area contributed by atoms with Gasteiger partial charge in [-0.05, 0) is 0 Å². The van der Waals surface area contributed by atoms with Gasteiger partial charge in [-0.15, -0.1) is 0 Å². The van der Waals surface area contributed by atoms with Crippen LogP contribution in [0.15, 0.2) is 0 Å². The number of carbonyl (C=O) groups is 2. The maximum Gasteiger partial charge on any atom is 0.416 e. The Balaban J connectivity index is 3.90. The van der Waals surface area contributed by atoms with Gasteiger partial charge in [0, 0.05) is 13.0 Å². The lowest BCUT2D eigenvalue weighted by Gasteiger charge is -2.13. The first-order valence-electron chi connectivity index (χ1n) is 4.03. The molecule has 0 spiro atoms. The molecular formula is C7H13N3O4. The third-order valence-corrected chi connectivity index (χ3v) is 1.49. The fraction of sp³-hybridized carbons (Fsp3) is 0.571. The highest BCUT2D eigenvalue weighted by molar-refractivity contribution is 5.85. The number of rotatable bonds is 4. The van der Waals surface area contributed by atoms with Crippen LogP contribution < -0.4 is 5.32 Å². The Morgan fingerprint density at radius 2 is 1.86 bits per heavy atom. The van der Waals surface area contributed by atoms with Crippen molar-refractivity contribution in [1.29, 1.82) is 5.41 Å². The predicted octanol–water partition coefficient (Wildman–Crippen LogP) is 0.621. The van der Waals surface area contributed by atoms with Crippen LogP contribution in [-0.4, -0.2) is 46.2 Å². The number of carboxylic acid groups (broad SMARTS) is 2. The average molecular weight is 203 g/mol. The molecule has 0 atom stereocenters. The van der Waals surface area contributed by atoms with Crippen molar-refractivity contribution in [3.8, 4) is 0 Å². The lowest BCUT2D eigenvalue weighted by molar-refractivity contribution is 0.123. The zero-order valence-corrected chi connectivity index (χ0v) is 7.78. The highest BCUT2D eigenvalue weighted by Crippen LogP contribution is 1.89. The van der Waals surface area contributed by atoms with Crippen LogP contribution in [0.2, 0.25) is 0 Å². The molecule has 80 valence electrons. The van der Waals surface area contributed by atoms with Gasteiger partial charge in [0.15, 0.2) is 0 Å². The van der Waals surface area contributed by atoms with Crippen LogP contribution >= 0.6 is 0 Å². The molecule has 0 saturated carbocycles. The van der Waals surface area contributed by atoms with E-state index in [0.29, 0.717) is 6.42 Å². The highest BCUT2D eigenvalue weighted by Gasteiger charge is 2.18. The van der Waals surface area contributed by atoms with Crippen LogP contribution in [0.4, 0.5) is 9.59 Å². The van der Waals surface area contributed by atoms with E-state index in [1.807, 2.05) is 0 Å². The second kappa shape index (κ2) is 5.79. The lowest BCUT2D eigenvalue weighted by Crippen LogP contribution is -2.40. The summed E-state index contributed by atoms with van der Waals surface area (Å²) >= 11 is 0. The van der Waals surface area contributed by atoms with Crippen LogP contribution in [0.5, 0.6) is 0 Å². The first-order valence-corrected chi connectivity index (χ1v) is 4.03. The smallest absolute Gasteiger partial charge is 0.416 e. The van der Waals surface area contributed by atoms with Gasteiger partial charge in [0.2, 0.25) is 0 Å². The monoisotopic (exact) mass is 203 g/mol. The van der Waals surface area contributed by atoms with E-state index >= 15 is 0 Å². The predicted molar refractivity (Wildman–Crippen MR) is 48.8 cm³/mol. The molecule has 0 aliphatic rings. The largest absolute Gasteiger partial charge is 0.465 e. The molecule has 4 N–H and O–H groups in total. The Labute approximate surface area is 80.8 Å². The van der Waals surface area contributed by atoms with E-state index < -0.39 is 12.2 Å². The van der Waals surface area contributed by atoms with Crippen LogP contribution in [0.1, 0.15) is 13.3 Å². The molecule has 0 aromatic rings. The van der Waals surface area contributed by atoms with E-state index in [-0.39, 0.29) is 23.8 Å². The topological polar surface area (TPSA) is 114 Å². The van der Waals surface area contributed by atoms with Crippen LogP contribution in [-0.2, 0) is 0 Å². The molecule has 0 aromatic heterocycles. The van der Waals surface area contributed by atoms with Crippen molar-refractivity contribution in [1.82, 2.24) is 10.2 Å². The number of imide groups is 1. The highest BCUT2D eigenvalue weighted by atomic mass is 16.4. The van der Waals surface area contributed by atoms with Crippen molar-refractivity contribution >= 4 is 18.0 Å². The van der Waals surface area contributed by atoms with Crippen molar-refractivity contribution in [2.24, 2.45) is 0 Å². The number of nitrogens with one attached hydrogen (secondary N) is 2. The molecular weight excluding hydrogens is 190 g/mol. The van der Waals surface area contributed by atoms with E-state index in [9.17, 15) is 9.59 Å². The third kappa shape index (κ3) is 4.29. The summed E-state index contributed by atoms with van der Waals surface area (Å²) in [6, 6.07) is 0. The number of hydrogen-bond donors (Lipinski definition) is 4. The van der Waals surface area contributed by atoms with E-state index in [2.05, 4.69) is 5.32 Å². The SMILES string of the molecule is CCC(=N)NCCN(C(=O)O)C(=O)O. The van der Waals surface area contributed by atoms with Gasteiger partial charge in [0.05, 0.1) is 12.4 Å². The molecule has 2 amide bonds. The number of hydrogen-bond acceptors (Lipinski definition) is 3. The van der Waals surface area contributed by atoms with Gasteiger partial charge in [-0.25, -0.2) is 14.5 Å². The Kier molecular flexibility index (Phi) is 5.05. The molecule has 0 rings (SSSR count). The van der Waals surface area contributed by atoms with Gasteiger partial charge in [0.25, 0.3) is 0 Å². The van der Waals surface area contributed by atoms with Crippen molar-refractivity contribution in [2.45, 2.75) is 13.3 Å². The summed E-state index contributed by atoms with van der Waals surface area (Å²) in [6.07, 6.45) is -2.52. The first kappa shape index (κ1) is 12.2. The Morgan fingerprint density at radius 3 is 2.21 bits per heavy atom. The van der Waals surface area contributed by atoms with Crippen LogP contribution in [0, 0.1) is 5.41 Å². The molecule has 0 unspecified atom stereocenters. The summed E-state index contributed by atoms with van der Waals surface area (Å²) in [4.78, 5) is 21.0. The van der Waals surface area contributed by atoms with Crippen molar-refractivity contribution in [3.63, 3.8) is 0 Å². The van der Waals surface area contributed by atoms with Crippen molar-refractivity contribution in [3.05, 3.63) is 0 Å². The molecule has 0 heterocycles. The summed E-state index contributed by atoms with van der Waals surface area (Å²) in [5.41, 5.74) is 0. The van der Waals surface area contributed by atoms with E-state index in [1.54, 1.807) is 6.92 Å². The minimum atomic E-state index is -1.51. The summed E-state index contributed by atoms with van der Waals surface area (Å²) in [7, 11) is 0. The minimum absolute atomic E-state index is 0.116. The Bertz CT molecular complexity index is 227. The fourth-order valence-corrected chi connectivity index (χ4v) is 0.717. The maximum absolute atomic E-state index is 10.3. The summed E-state index contributed by atoms with van der Waals surface area (Å²) < 4.78 is 0. The zero-order chi connectivity index (χ0) is 11.1. The normalized spacial score (nSPS) is 9.21. The summed E-state index contributed by atoms with van der Waals surface area (Å²) in [5, 5.41) is 26.6. The molecule has 0 bridgehead atoms. The van der Waals surface area contributed by atoms with Gasteiger partial charge in [0.1, 0.15) is 0 Å². The molecule has 0 aromatic carbocycles. The van der Waals surface area contributed by atoms with Gasteiger partial charge in [-0.1, -0.05) is 6.92 Å². The molecule has 7 nitrogen and oxygen atoms in total. The Morgan fingerprint density at radius 1 is 1.36 bits per heavy atom. The van der Waals surface area contributed by atoms with Gasteiger partial charge < -0.3 is 15.5 Å². The second-order valence-electron chi connectivity index (χ2n) is 2.48. The number of amidine groups is 1. The molecule has 0 radical (unpaired) electrons. The fourth-order valence-electron chi connectivity index (χ4n) is 0.717. The molecule has 7 heteroatoms. The van der Waals surface area contributed by atoms with Gasteiger partial charge >= 0.3 is 12.2 Å². The molecule has 0 saturated heterocycles. The zero-order valence-electron chi connectivity index (χ0n) is 7.78.